The number of nitro benzene ring substituents is 1. The van der Waals surface area contributed by atoms with E-state index in [0.717, 1.165) is 0 Å². The molecular formula is C12H9N3O3. The third-order valence-corrected chi connectivity index (χ3v) is 2.37. The number of hydrogen-bond donors (Lipinski definition) is 1. The second-order valence-electron chi connectivity index (χ2n) is 3.50. The third kappa shape index (κ3) is 2.30. The predicted octanol–water partition coefficient (Wildman–Crippen LogP) is 2.67. The highest BCUT2D eigenvalue weighted by Crippen LogP contribution is 2.28. The molecule has 0 aliphatic rings. The number of nitriles is 1. The molecular weight excluding hydrogens is 234 g/mol. The van der Waals surface area contributed by atoms with Crippen molar-refractivity contribution in [3.63, 3.8) is 0 Å². The number of para-hydroxylation sites is 1. The number of anilines is 1. The molecule has 0 saturated carbocycles. The lowest BCUT2D eigenvalue weighted by atomic mass is 10.1. The Bertz CT molecular complexity index is 600. The second kappa shape index (κ2) is 5.01. The zero-order valence-corrected chi connectivity index (χ0v) is 9.29. The lowest BCUT2D eigenvalue weighted by Gasteiger charge is -2.06. The summed E-state index contributed by atoms with van der Waals surface area (Å²) in [6, 6.07) is 9.86. The van der Waals surface area contributed by atoms with Crippen LogP contribution in [0.4, 0.5) is 11.4 Å². The van der Waals surface area contributed by atoms with E-state index in [-0.39, 0.29) is 11.3 Å². The maximum absolute atomic E-state index is 11.0. The molecule has 2 rings (SSSR count). The summed E-state index contributed by atoms with van der Waals surface area (Å²) in [6.07, 6.45) is 1.52. The molecule has 0 spiro atoms. The van der Waals surface area contributed by atoms with Gasteiger partial charge in [0.25, 0.3) is 0 Å². The van der Waals surface area contributed by atoms with Crippen LogP contribution >= 0.6 is 0 Å². The van der Waals surface area contributed by atoms with E-state index in [2.05, 4.69) is 5.32 Å². The van der Waals surface area contributed by atoms with Crippen molar-refractivity contribution in [2.45, 2.75) is 6.54 Å². The van der Waals surface area contributed by atoms with E-state index in [4.69, 9.17) is 9.68 Å². The van der Waals surface area contributed by atoms with E-state index >= 15 is 0 Å². The first-order chi connectivity index (χ1) is 8.72. The van der Waals surface area contributed by atoms with Gasteiger partial charge in [0.05, 0.1) is 17.7 Å². The van der Waals surface area contributed by atoms with Crippen LogP contribution in [0.1, 0.15) is 11.3 Å². The minimum Gasteiger partial charge on any atom is -0.467 e. The Labute approximate surface area is 103 Å². The van der Waals surface area contributed by atoms with Crippen molar-refractivity contribution in [3.8, 4) is 6.07 Å². The minimum atomic E-state index is -0.566. The largest absolute Gasteiger partial charge is 0.467 e. The van der Waals surface area contributed by atoms with Crippen molar-refractivity contribution < 1.29 is 9.34 Å². The molecule has 0 aliphatic carbocycles. The topological polar surface area (TPSA) is 92.1 Å². The number of hydrogen-bond acceptors (Lipinski definition) is 5. The second-order valence-corrected chi connectivity index (χ2v) is 3.50. The quantitative estimate of drug-likeness (QED) is 0.658. The molecule has 1 aromatic carbocycles. The Morgan fingerprint density at radius 3 is 2.83 bits per heavy atom. The molecule has 0 aliphatic heterocycles. The average molecular weight is 243 g/mol. The Balaban J connectivity index is 2.27. The molecule has 0 fully saturated rings. The molecule has 1 aromatic heterocycles. The van der Waals surface area contributed by atoms with Crippen LogP contribution in [0.3, 0.4) is 0 Å². The van der Waals surface area contributed by atoms with Crippen LogP contribution < -0.4 is 5.32 Å². The summed E-state index contributed by atoms with van der Waals surface area (Å²) >= 11 is 0. The summed E-state index contributed by atoms with van der Waals surface area (Å²) in [5.74, 6) is 0.659. The lowest BCUT2D eigenvalue weighted by molar-refractivity contribution is -0.384. The van der Waals surface area contributed by atoms with Crippen LogP contribution in [0, 0.1) is 21.4 Å². The first kappa shape index (κ1) is 11.7. The van der Waals surface area contributed by atoms with Crippen LogP contribution in [0.5, 0.6) is 0 Å². The summed E-state index contributed by atoms with van der Waals surface area (Å²) in [7, 11) is 0. The van der Waals surface area contributed by atoms with Gasteiger partial charge in [-0.15, -0.1) is 0 Å². The number of furan rings is 1. The molecule has 0 atom stereocenters. The van der Waals surface area contributed by atoms with E-state index in [0.29, 0.717) is 18.0 Å². The van der Waals surface area contributed by atoms with Gasteiger partial charge in [-0.05, 0) is 24.3 Å². The Morgan fingerprint density at radius 2 is 2.22 bits per heavy atom. The molecule has 1 heterocycles. The molecule has 1 N–H and O–H groups in total. The summed E-state index contributed by atoms with van der Waals surface area (Å²) in [6.45, 7) is 0.322. The molecule has 0 amide bonds. The number of nitrogens with zero attached hydrogens (tertiary/aromatic N) is 2. The smallest absolute Gasteiger partial charge is 0.309 e. The van der Waals surface area contributed by atoms with Crippen molar-refractivity contribution in [2.75, 3.05) is 5.32 Å². The molecule has 0 radical (unpaired) electrons. The van der Waals surface area contributed by atoms with Gasteiger partial charge >= 0.3 is 5.69 Å². The highest BCUT2D eigenvalue weighted by molar-refractivity contribution is 5.68. The van der Waals surface area contributed by atoms with E-state index in [1.54, 1.807) is 30.3 Å². The van der Waals surface area contributed by atoms with Crippen molar-refractivity contribution in [1.29, 1.82) is 5.26 Å². The van der Waals surface area contributed by atoms with Gasteiger partial charge in [0.1, 0.15) is 23.1 Å². The highest BCUT2D eigenvalue weighted by Gasteiger charge is 2.19. The number of rotatable bonds is 4. The van der Waals surface area contributed by atoms with E-state index in [9.17, 15) is 10.1 Å². The van der Waals surface area contributed by atoms with Gasteiger partial charge in [0.15, 0.2) is 0 Å². The van der Waals surface area contributed by atoms with Crippen molar-refractivity contribution in [1.82, 2.24) is 0 Å². The van der Waals surface area contributed by atoms with Crippen LogP contribution in [0.15, 0.2) is 41.0 Å². The molecule has 0 bridgehead atoms. The minimum absolute atomic E-state index is 0.0319. The van der Waals surface area contributed by atoms with Gasteiger partial charge < -0.3 is 9.73 Å². The van der Waals surface area contributed by atoms with Crippen LogP contribution in [0.2, 0.25) is 0 Å². The first-order valence-corrected chi connectivity index (χ1v) is 5.16. The molecule has 0 saturated heterocycles. The van der Waals surface area contributed by atoms with Gasteiger partial charge in [-0.1, -0.05) is 6.07 Å². The maximum atomic E-state index is 11.0. The van der Waals surface area contributed by atoms with Crippen molar-refractivity contribution in [3.05, 3.63) is 58.0 Å². The van der Waals surface area contributed by atoms with E-state index < -0.39 is 4.92 Å². The number of benzene rings is 1. The van der Waals surface area contributed by atoms with Gasteiger partial charge in [0, 0.05) is 0 Å². The third-order valence-electron chi connectivity index (χ3n) is 2.37. The molecule has 18 heavy (non-hydrogen) atoms. The van der Waals surface area contributed by atoms with Gasteiger partial charge in [0.2, 0.25) is 0 Å². The van der Waals surface area contributed by atoms with Gasteiger partial charge in [-0.25, -0.2) is 0 Å². The molecule has 6 heteroatoms. The Kier molecular flexibility index (Phi) is 3.25. The number of nitrogens with one attached hydrogen (secondary N) is 1. The summed E-state index contributed by atoms with van der Waals surface area (Å²) in [4.78, 5) is 10.4. The Hall–Kier alpha value is -2.81. The highest BCUT2D eigenvalue weighted by atomic mass is 16.6. The zero-order valence-electron chi connectivity index (χ0n) is 9.29. The fourth-order valence-corrected chi connectivity index (χ4v) is 1.57. The van der Waals surface area contributed by atoms with Crippen LogP contribution in [-0.4, -0.2) is 4.92 Å². The van der Waals surface area contributed by atoms with E-state index in [1.165, 1.54) is 12.3 Å². The van der Waals surface area contributed by atoms with Crippen molar-refractivity contribution in [2.24, 2.45) is 0 Å². The summed E-state index contributed by atoms with van der Waals surface area (Å²) < 4.78 is 5.11. The van der Waals surface area contributed by atoms with Gasteiger partial charge in [-0.2, -0.15) is 5.26 Å². The molecule has 2 aromatic rings. The fourth-order valence-electron chi connectivity index (χ4n) is 1.57. The summed E-state index contributed by atoms with van der Waals surface area (Å²) in [5, 5.41) is 22.7. The fraction of sp³-hybridized carbons (Fsp3) is 0.0833. The van der Waals surface area contributed by atoms with Gasteiger partial charge in [-0.3, -0.25) is 10.1 Å². The first-order valence-electron chi connectivity index (χ1n) is 5.16. The van der Waals surface area contributed by atoms with Crippen molar-refractivity contribution >= 4 is 11.4 Å². The zero-order chi connectivity index (χ0) is 13.0. The average Bonchev–Trinajstić information content (AvgIpc) is 2.88. The SMILES string of the molecule is N#Cc1cccc(NCc2ccco2)c1[N+](=O)[O-]. The molecule has 0 unspecified atom stereocenters. The Morgan fingerprint density at radius 1 is 1.39 bits per heavy atom. The predicted molar refractivity (Wildman–Crippen MR) is 63.8 cm³/mol. The standard InChI is InChI=1S/C12H9N3O3/c13-7-9-3-1-5-11(12(9)15(16)17)14-8-10-4-2-6-18-10/h1-6,14H,8H2. The van der Waals surface area contributed by atoms with E-state index in [1.807, 2.05) is 0 Å². The maximum Gasteiger partial charge on any atom is 0.309 e. The molecule has 90 valence electrons. The van der Waals surface area contributed by atoms with Crippen LogP contribution in [0.25, 0.3) is 0 Å². The lowest BCUT2D eigenvalue weighted by Crippen LogP contribution is -2.03. The normalized spacial score (nSPS) is 9.72. The number of nitro groups is 1. The van der Waals surface area contributed by atoms with Crippen LogP contribution in [-0.2, 0) is 6.54 Å². The molecule has 6 nitrogen and oxygen atoms in total. The summed E-state index contributed by atoms with van der Waals surface area (Å²) in [5.41, 5.74) is 0.117. The monoisotopic (exact) mass is 243 g/mol.